The van der Waals surface area contributed by atoms with E-state index in [1.54, 1.807) is 17.0 Å². The van der Waals surface area contributed by atoms with Crippen LogP contribution >= 0.6 is 0 Å². The summed E-state index contributed by atoms with van der Waals surface area (Å²) < 4.78 is 18.7. The summed E-state index contributed by atoms with van der Waals surface area (Å²) in [6.45, 7) is 2.45. The summed E-state index contributed by atoms with van der Waals surface area (Å²) in [6.07, 6.45) is 0.672. The van der Waals surface area contributed by atoms with Gasteiger partial charge in [-0.2, -0.15) is 0 Å². The quantitative estimate of drug-likeness (QED) is 0.643. The van der Waals surface area contributed by atoms with Gasteiger partial charge in [-0.05, 0) is 18.6 Å². The second kappa shape index (κ2) is 6.83. The SMILES string of the molecule is CC[C@@H](CN=C(N)N(C)C)Oc1cccc(F)c1. The van der Waals surface area contributed by atoms with E-state index in [4.69, 9.17) is 10.5 Å². The highest BCUT2D eigenvalue weighted by molar-refractivity contribution is 5.77. The fraction of sp³-hybridized carbons (Fsp3) is 0.462. The molecular formula is C13H20FN3O. The van der Waals surface area contributed by atoms with E-state index in [0.717, 1.165) is 6.42 Å². The molecule has 0 radical (unpaired) electrons. The van der Waals surface area contributed by atoms with Crippen molar-refractivity contribution in [3.8, 4) is 5.75 Å². The Kier molecular flexibility index (Phi) is 5.42. The van der Waals surface area contributed by atoms with E-state index in [1.165, 1.54) is 12.1 Å². The van der Waals surface area contributed by atoms with Gasteiger partial charge in [0, 0.05) is 20.2 Å². The van der Waals surface area contributed by atoms with E-state index >= 15 is 0 Å². The third-order valence-corrected chi connectivity index (χ3v) is 2.47. The number of benzene rings is 1. The van der Waals surface area contributed by atoms with E-state index in [0.29, 0.717) is 18.3 Å². The largest absolute Gasteiger partial charge is 0.488 e. The first-order chi connectivity index (χ1) is 8.52. The fourth-order valence-corrected chi connectivity index (χ4v) is 1.32. The van der Waals surface area contributed by atoms with Crippen molar-refractivity contribution >= 4 is 5.96 Å². The van der Waals surface area contributed by atoms with Crippen LogP contribution in [0, 0.1) is 5.82 Å². The molecule has 4 nitrogen and oxygen atoms in total. The molecule has 5 heteroatoms. The van der Waals surface area contributed by atoms with Crippen molar-refractivity contribution in [1.82, 2.24) is 4.90 Å². The lowest BCUT2D eigenvalue weighted by Crippen LogP contribution is -2.32. The second-order valence-electron chi connectivity index (χ2n) is 4.20. The van der Waals surface area contributed by atoms with E-state index in [-0.39, 0.29) is 11.9 Å². The molecule has 1 aromatic carbocycles. The zero-order valence-electron chi connectivity index (χ0n) is 11.1. The van der Waals surface area contributed by atoms with Crippen LogP contribution in [0.2, 0.25) is 0 Å². The highest BCUT2D eigenvalue weighted by Crippen LogP contribution is 2.15. The third-order valence-electron chi connectivity index (χ3n) is 2.47. The Morgan fingerprint density at radius 1 is 1.50 bits per heavy atom. The monoisotopic (exact) mass is 253 g/mol. The Morgan fingerprint density at radius 2 is 2.22 bits per heavy atom. The molecule has 0 fully saturated rings. The molecule has 0 bridgehead atoms. The number of nitrogens with zero attached hydrogens (tertiary/aromatic N) is 2. The Hall–Kier alpha value is -1.78. The molecule has 0 saturated carbocycles. The maximum Gasteiger partial charge on any atom is 0.190 e. The van der Waals surface area contributed by atoms with Crippen LogP contribution in [-0.4, -0.2) is 37.6 Å². The molecule has 0 aromatic heterocycles. The molecule has 1 atom stereocenters. The maximum absolute atomic E-state index is 13.0. The average Bonchev–Trinajstić information content (AvgIpc) is 2.33. The van der Waals surface area contributed by atoms with E-state index in [1.807, 2.05) is 21.0 Å². The van der Waals surface area contributed by atoms with Gasteiger partial charge in [-0.3, -0.25) is 0 Å². The Morgan fingerprint density at radius 3 is 2.78 bits per heavy atom. The second-order valence-corrected chi connectivity index (χ2v) is 4.20. The summed E-state index contributed by atoms with van der Waals surface area (Å²) >= 11 is 0. The van der Waals surface area contributed by atoms with Gasteiger partial charge < -0.3 is 15.4 Å². The van der Waals surface area contributed by atoms with Crippen LogP contribution in [0.1, 0.15) is 13.3 Å². The summed E-state index contributed by atoms with van der Waals surface area (Å²) in [5.74, 6) is 0.662. The molecule has 0 spiro atoms. The number of halogens is 1. The molecule has 1 aromatic rings. The van der Waals surface area contributed by atoms with Gasteiger partial charge in [0.25, 0.3) is 0 Å². The van der Waals surface area contributed by atoms with Crippen LogP contribution in [0.5, 0.6) is 5.75 Å². The lowest BCUT2D eigenvalue weighted by atomic mass is 10.2. The predicted octanol–water partition coefficient (Wildman–Crippen LogP) is 1.86. The van der Waals surface area contributed by atoms with Gasteiger partial charge in [0.2, 0.25) is 0 Å². The molecule has 0 aliphatic carbocycles. The summed E-state index contributed by atoms with van der Waals surface area (Å²) in [6, 6.07) is 6.09. The molecule has 2 N–H and O–H groups in total. The minimum Gasteiger partial charge on any atom is -0.488 e. The first kappa shape index (κ1) is 14.3. The molecule has 0 heterocycles. The van der Waals surface area contributed by atoms with Crippen LogP contribution in [0.4, 0.5) is 4.39 Å². The third kappa shape index (κ3) is 4.61. The van der Waals surface area contributed by atoms with Gasteiger partial charge in [-0.15, -0.1) is 0 Å². The molecule has 18 heavy (non-hydrogen) atoms. The number of guanidine groups is 1. The van der Waals surface area contributed by atoms with Crippen LogP contribution in [0.25, 0.3) is 0 Å². The van der Waals surface area contributed by atoms with E-state index < -0.39 is 0 Å². The number of rotatable bonds is 5. The van der Waals surface area contributed by atoms with E-state index in [2.05, 4.69) is 4.99 Å². The topological polar surface area (TPSA) is 50.8 Å². The summed E-state index contributed by atoms with van der Waals surface area (Å²) in [5.41, 5.74) is 5.70. The van der Waals surface area contributed by atoms with Crippen LogP contribution in [0.15, 0.2) is 29.3 Å². The minimum atomic E-state index is -0.307. The molecule has 100 valence electrons. The van der Waals surface area contributed by atoms with Gasteiger partial charge in [-0.1, -0.05) is 13.0 Å². The van der Waals surface area contributed by atoms with Gasteiger partial charge in [0.15, 0.2) is 5.96 Å². The van der Waals surface area contributed by atoms with Crippen molar-refractivity contribution in [3.63, 3.8) is 0 Å². The number of hydrogen-bond acceptors (Lipinski definition) is 2. The Labute approximate surface area is 107 Å². The van der Waals surface area contributed by atoms with Crippen LogP contribution < -0.4 is 10.5 Å². The predicted molar refractivity (Wildman–Crippen MR) is 71.3 cm³/mol. The first-order valence-electron chi connectivity index (χ1n) is 5.92. The Balaban J connectivity index is 2.60. The fourth-order valence-electron chi connectivity index (χ4n) is 1.32. The molecular weight excluding hydrogens is 233 g/mol. The van der Waals surface area contributed by atoms with E-state index in [9.17, 15) is 4.39 Å². The van der Waals surface area contributed by atoms with Gasteiger partial charge in [0.05, 0.1) is 6.54 Å². The normalized spacial score (nSPS) is 13.2. The Bertz CT molecular complexity index is 407. The lowest BCUT2D eigenvalue weighted by molar-refractivity contribution is 0.204. The number of hydrogen-bond donors (Lipinski definition) is 1. The zero-order chi connectivity index (χ0) is 13.5. The number of aliphatic imine (C=N–C) groups is 1. The van der Waals surface area contributed by atoms with Crippen molar-refractivity contribution in [2.24, 2.45) is 10.7 Å². The summed E-state index contributed by atoms with van der Waals surface area (Å²) in [4.78, 5) is 5.95. The van der Waals surface area contributed by atoms with Gasteiger partial charge >= 0.3 is 0 Å². The van der Waals surface area contributed by atoms with Crippen LogP contribution in [-0.2, 0) is 0 Å². The number of ether oxygens (including phenoxy) is 1. The van der Waals surface area contributed by atoms with Gasteiger partial charge in [-0.25, -0.2) is 9.38 Å². The molecule has 1 rings (SSSR count). The summed E-state index contributed by atoms with van der Waals surface area (Å²) in [7, 11) is 3.65. The maximum atomic E-state index is 13.0. The van der Waals surface area contributed by atoms with Crippen molar-refractivity contribution in [3.05, 3.63) is 30.1 Å². The van der Waals surface area contributed by atoms with Crippen molar-refractivity contribution < 1.29 is 9.13 Å². The standard InChI is InChI=1S/C13H20FN3O/c1-4-11(9-16-13(15)17(2)3)18-12-7-5-6-10(14)8-12/h5-8,11H,4,9H2,1-3H3,(H2,15,16)/t11-/m0/s1. The smallest absolute Gasteiger partial charge is 0.190 e. The molecule has 0 amide bonds. The molecule has 0 aliphatic rings. The first-order valence-corrected chi connectivity index (χ1v) is 5.92. The minimum absolute atomic E-state index is 0.106. The lowest BCUT2D eigenvalue weighted by Gasteiger charge is -2.17. The highest BCUT2D eigenvalue weighted by Gasteiger charge is 2.08. The van der Waals surface area contributed by atoms with Gasteiger partial charge in [0.1, 0.15) is 17.7 Å². The van der Waals surface area contributed by atoms with Crippen molar-refractivity contribution in [2.45, 2.75) is 19.4 Å². The molecule has 0 unspecified atom stereocenters. The summed E-state index contributed by atoms with van der Waals surface area (Å²) in [5, 5.41) is 0. The zero-order valence-corrected chi connectivity index (χ0v) is 11.1. The number of nitrogens with two attached hydrogens (primary N) is 1. The highest BCUT2D eigenvalue weighted by atomic mass is 19.1. The van der Waals surface area contributed by atoms with Crippen LogP contribution in [0.3, 0.4) is 0 Å². The average molecular weight is 253 g/mol. The molecule has 0 aliphatic heterocycles. The van der Waals surface area contributed by atoms with Crippen molar-refractivity contribution in [2.75, 3.05) is 20.6 Å². The molecule has 0 saturated heterocycles. The van der Waals surface area contributed by atoms with Crippen molar-refractivity contribution in [1.29, 1.82) is 0 Å².